The minimum absolute atomic E-state index is 0.0190. The van der Waals surface area contributed by atoms with Gasteiger partial charge in [-0.1, -0.05) is 12.1 Å². The summed E-state index contributed by atoms with van der Waals surface area (Å²) in [6, 6.07) is 8.14. The zero-order valence-corrected chi connectivity index (χ0v) is 10.5. The van der Waals surface area contributed by atoms with Crippen molar-refractivity contribution < 1.29 is 14.6 Å². The number of hydrogen-bond acceptors (Lipinski definition) is 3. The third-order valence-corrected chi connectivity index (χ3v) is 3.19. The first kappa shape index (κ1) is 12.4. The third kappa shape index (κ3) is 2.61. The lowest BCUT2D eigenvalue weighted by Gasteiger charge is -2.41. The Morgan fingerprint density at radius 1 is 1.29 bits per heavy atom. The van der Waals surface area contributed by atoms with Crippen LogP contribution in [0.3, 0.4) is 0 Å². The molecule has 3 heteroatoms. The van der Waals surface area contributed by atoms with E-state index in [4.69, 9.17) is 14.6 Å². The number of aliphatic hydroxyl groups excluding tert-OH is 1. The zero-order valence-electron chi connectivity index (χ0n) is 10.5. The summed E-state index contributed by atoms with van der Waals surface area (Å²) in [6.07, 6.45) is 0.955. The molecule has 94 valence electrons. The van der Waals surface area contributed by atoms with E-state index in [0.29, 0.717) is 13.2 Å². The van der Waals surface area contributed by atoms with Gasteiger partial charge in [-0.15, -0.1) is 0 Å². The smallest absolute Gasteiger partial charge is 0.119 e. The molecule has 0 saturated carbocycles. The van der Waals surface area contributed by atoms with Crippen molar-refractivity contribution in [1.82, 2.24) is 0 Å². The summed E-state index contributed by atoms with van der Waals surface area (Å²) in [7, 11) is 0. The van der Waals surface area contributed by atoms with Gasteiger partial charge in [-0.05, 0) is 38.0 Å². The molecule has 0 spiro atoms. The van der Waals surface area contributed by atoms with Crippen molar-refractivity contribution in [1.29, 1.82) is 0 Å². The zero-order chi connectivity index (χ0) is 12.3. The quantitative estimate of drug-likeness (QED) is 0.851. The second kappa shape index (κ2) is 5.07. The Kier molecular flexibility index (Phi) is 3.69. The van der Waals surface area contributed by atoms with Gasteiger partial charge in [0.25, 0.3) is 0 Å². The molecular formula is C14H20O3. The van der Waals surface area contributed by atoms with Crippen LogP contribution in [-0.2, 0) is 10.2 Å². The molecule has 1 aromatic rings. The molecule has 1 aromatic carbocycles. The average molecular weight is 236 g/mol. The number of benzene rings is 1. The van der Waals surface area contributed by atoms with Crippen LogP contribution in [0.1, 0.15) is 25.8 Å². The highest BCUT2D eigenvalue weighted by Gasteiger charge is 2.39. The molecule has 1 N–H and O–H groups in total. The first-order valence-corrected chi connectivity index (χ1v) is 6.12. The minimum atomic E-state index is 0.0190. The normalized spacial score (nSPS) is 17.9. The van der Waals surface area contributed by atoms with Gasteiger partial charge in [0, 0.05) is 12.0 Å². The average Bonchev–Trinajstić information content (AvgIpc) is 2.24. The van der Waals surface area contributed by atoms with Crippen LogP contribution in [0.25, 0.3) is 0 Å². The van der Waals surface area contributed by atoms with Gasteiger partial charge in [0.15, 0.2) is 0 Å². The minimum Gasteiger partial charge on any atom is -0.491 e. The topological polar surface area (TPSA) is 38.7 Å². The van der Waals surface area contributed by atoms with E-state index < -0.39 is 0 Å². The number of hydrogen-bond donors (Lipinski definition) is 1. The lowest BCUT2D eigenvalue weighted by Crippen LogP contribution is -2.47. The van der Waals surface area contributed by atoms with Gasteiger partial charge in [0.1, 0.15) is 5.75 Å². The number of ether oxygens (including phenoxy) is 2. The monoisotopic (exact) mass is 236 g/mol. The molecule has 1 heterocycles. The molecule has 0 aromatic heterocycles. The van der Waals surface area contributed by atoms with Gasteiger partial charge >= 0.3 is 0 Å². The summed E-state index contributed by atoms with van der Waals surface area (Å²) >= 11 is 0. The van der Waals surface area contributed by atoms with E-state index in [1.54, 1.807) is 0 Å². The van der Waals surface area contributed by atoms with Crippen LogP contribution in [-0.4, -0.2) is 31.0 Å². The van der Waals surface area contributed by atoms with Crippen LogP contribution >= 0.6 is 0 Å². The van der Waals surface area contributed by atoms with E-state index in [0.717, 1.165) is 12.2 Å². The molecule has 1 fully saturated rings. The van der Waals surface area contributed by atoms with Gasteiger partial charge in [-0.25, -0.2) is 0 Å². The van der Waals surface area contributed by atoms with Crippen molar-refractivity contribution in [3.05, 3.63) is 29.8 Å². The fraction of sp³-hybridized carbons (Fsp3) is 0.571. The van der Waals surface area contributed by atoms with E-state index in [1.165, 1.54) is 5.56 Å². The second-order valence-electron chi connectivity index (χ2n) is 4.94. The molecule has 2 rings (SSSR count). The maximum atomic E-state index is 9.12. The summed E-state index contributed by atoms with van der Waals surface area (Å²) in [5.41, 5.74) is 1.25. The predicted octanol–water partition coefficient (Wildman–Crippen LogP) is 2.12. The Labute approximate surface area is 102 Å². The molecule has 0 atom stereocenters. The largest absolute Gasteiger partial charge is 0.491 e. The summed E-state index contributed by atoms with van der Waals surface area (Å²) in [5.74, 6) is 0.892. The van der Waals surface area contributed by atoms with E-state index in [9.17, 15) is 0 Å². The van der Waals surface area contributed by atoms with E-state index in [1.807, 2.05) is 26.0 Å². The second-order valence-corrected chi connectivity index (χ2v) is 4.94. The van der Waals surface area contributed by atoms with E-state index in [2.05, 4.69) is 12.1 Å². The first-order valence-electron chi connectivity index (χ1n) is 6.12. The molecule has 1 aliphatic rings. The van der Waals surface area contributed by atoms with Crippen molar-refractivity contribution in [3.63, 3.8) is 0 Å². The summed E-state index contributed by atoms with van der Waals surface area (Å²) in [5, 5.41) is 9.12. The van der Waals surface area contributed by atoms with Crippen molar-refractivity contribution in [2.24, 2.45) is 0 Å². The van der Waals surface area contributed by atoms with Crippen molar-refractivity contribution >= 4 is 0 Å². The summed E-state index contributed by atoms with van der Waals surface area (Å²) < 4.78 is 10.9. The first-order chi connectivity index (χ1) is 8.16. The molecular weight excluding hydrogens is 216 g/mol. The SMILES string of the molecule is CC(C)Oc1ccc(C2(CCO)COC2)cc1. The van der Waals surface area contributed by atoms with Gasteiger partial charge in [-0.3, -0.25) is 0 Å². The summed E-state index contributed by atoms with van der Waals surface area (Å²) in [4.78, 5) is 0. The summed E-state index contributed by atoms with van der Waals surface area (Å²) in [6.45, 7) is 5.64. The Morgan fingerprint density at radius 3 is 2.35 bits per heavy atom. The highest BCUT2D eigenvalue weighted by Crippen LogP contribution is 2.36. The highest BCUT2D eigenvalue weighted by molar-refractivity contribution is 5.34. The van der Waals surface area contributed by atoms with Gasteiger partial charge in [0.05, 0.1) is 19.3 Å². The van der Waals surface area contributed by atoms with E-state index in [-0.39, 0.29) is 18.1 Å². The molecule has 0 amide bonds. The Balaban J connectivity index is 2.11. The van der Waals surface area contributed by atoms with Crippen molar-refractivity contribution in [3.8, 4) is 5.75 Å². The molecule has 1 saturated heterocycles. The van der Waals surface area contributed by atoms with Crippen LogP contribution in [0, 0.1) is 0 Å². The van der Waals surface area contributed by atoms with Crippen LogP contribution in [0.5, 0.6) is 5.75 Å². The fourth-order valence-electron chi connectivity index (χ4n) is 2.18. The molecule has 0 aliphatic carbocycles. The Bertz CT molecular complexity index is 352. The lowest BCUT2D eigenvalue weighted by molar-refractivity contribution is -0.0701. The molecule has 0 bridgehead atoms. The van der Waals surface area contributed by atoms with Crippen LogP contribution in [0.4, 0.5) is 0 Å². The highest BCUT2D eigenvalue weighted by atomic mass is 16.5. The molecule has 0 unspecified atom stereocenters. The van der Waals surface area contributed by atoms with Crippen LogP contribution < -0.4 is 4.74 Å². The standard InChI is InChI=1S/C14H20O3/c1-11(2)17-13-5-3-12(4-6-13)14(7-8-15)9-16-10-14/h3-6,11,15H,7-10H2,1-2H3. The van der Waals surface area contributed by atoms with Crippen LogP contribution in [0.15, 0.2) is 24.3 Å². The van der Waals surface area contributed by atoms with E-state index >= 15 is 0 Å². The third-order valence-electron chi connectivity index (χ3n) is 3.19. The molecule has 3 nitrogen and oxygen atoms in total. The van der Waals surface area contributed by atoms with Crippen LogP contribution in [0.2, 0.25) is 0 Å². The maximum Gasteiger partial charge on any atom is 0.119 e. The maximum absolute atomic E-state index is 9.12. The fourth-order valence-corrected chi connectivity index (χ4v) is 2.18. The Morgan fingerprint density at radius 2 is 1.94 bits per heavy atom. The Hall–Kier alpha value is -1.06. The van der Waals surface area contributed by atoms with Crippen molar-refractivity contribution in [2.75, 3.05) is 19.8 Å². The molecule has 0 radical (unpaired) electrons. The number of aliphatic hydroxyl groups is 1. The van der Waals surface area contributed by atoms with Gasteiger partial charge in [0.2, 0.25) is 0 Å². The molecule has 1 aliphatic heterocycles. The van der Waals surface area contributed by atoms with Gasteiger partial charge in [-0.2, -0.15) is 0 Å². The number of rotatable bonds is 5. The van der Waals surface area contributed by atoms with Gasteiger partial charge < -0.3 is 14.6 Å². The lowest BCUT2D eigenvalue weighted by atomic mass is 9.76. The van der Waals surface area contributed by atoms with Crippen molar-refractivity contribution in [2.45, 2.75) is 31.8 Å². The molecule has 17 heavy (non-hydrogen) atoms. The predicted molar refractivity (Wildman–Crippen MR) is 66.4 cm³/mol.